The molecule has 35 heavy (non-hydrogen) atoms. The van der Waals surface area contributed by atoms with Crippen LogP contribution in [0.15, 0.2) is 90.3 Å². The standard InChI is InChI=1S/C23H21N5O6S/c1-2-14-24-23(30)26-17-12-10-16(11-13-17)25-22(29)20-8-3-4-9-21(20)27-35(33,34)19-7-5-6-18(15-19)28(31)32/h2-13,15,27H,1,14H2,(H,25,29)(H2,24,26,30). The van der Waals surface area contributed by atoms with Gasteiger partial charge in [-0.3, -0.25) is 19.6 Å². The van der Waals surface area contributed by atoms with Gasteiger partial charge in [0.25, 0.3) is 21.6 Å². The molecule has 11 nitrogen and oxygen atoms in total. The quantitative estimate of drug-likeness (QED) is 0.200. The van der Waals surface area contributed by atoms with E-state index in [0.717, 1.165) is 6.07 Å². The zero-order valence-electron chi connectivity index (χ0n) is 18.2. The van der Waals surface area contributed by atoms with Gasteiger partial charge in [-0.05, 0) is 42.5 Å². The highest BCUT2D eigenvalue weighted by Gasteiger charge is 2.21. The summed E-state index contributed by atoms with van der Waals surface area (Å²) in [7, 11) is -4.21. The Balaban J connectivity index is 1.74. The van der Waals surface area contributed by atoms with Crippen molar-refractivity contribution in [2.75, 3.05) is 21.9 Å². The van der Waals surface area contributed by atoms with Crippen LogP contribution in [0.1, 0.15) is 10.4 Å². The maximum absolute atomic E-state index is 12.9. The van der Waals surface area contributed by atoms with Crippen molar-refractivity contribution in [3.8, 4) is 0 Å². The van der Waals surface area contributed by atoms with E-state index in [0.29, 0.717) is 17.9 Å². The number of nitro benzene ring substituents is 1. The monoisotopic (exact) mass is 495 g/mol. The fraction of sp³-hybridized carbons (Fsp3) is 0.0435. The van der Waals surface area contributed by atoms with Crippen molar-refractivity contribution in [1.29, 1.82) is 0 Å². The summed E-state index contributed by atoms with van der Waals surface area (Å²) in [5.41, 5.74) is 0.550. The van der Waals surface area contributed by atoms with Crippen LogP contribution < -0.4 is 20.7 Å². The zero-order valence-corrected chi connectivity index (χ0v) is 19.0. The van der Waals surface area contributed by atoms with Gasteiger partial charge in [-0.25, -0.2) is 13.2 Å². The molecule has 0 spiro atoms. The predicted molar refractivity (Wildman–Crippen MR) is 132 cm³/mol. The van der Waals surface area contributed by atoms with Crippen LogP contribution in [-0.4, -0.2) is 31.8 Å². The predicted octanol–water partition coefficient (Wildman–Crippen LogP) is 3.96. The minimum atomic E-state index is -4.21. The first-order chi connectivity index (χ1) is 16.7. The Morgan fingerprint density at radius 1 is 0.943 bits per heavy atom. The highest BCUT2D eigenvalue weighted by Crippen LogP contribution is 2.24. The van der Waals surface area contributed by atoms with Crippen molar-refractivity contribution in [2.45, 2.75) is 4.90 Å². The van der Waals surface area contributed by atoms with Crippen LogP contribution in [0.5, 0.6) is 0 Å². The fourth-order valence-electron chi connectivity index (χ4n) is 2.91. The first-order valence-electron chi connectivity index (χ1n) is 10.1. The second-order valence-corrected chi connectivity index (χ2v) is 8.74. The molecule has 4 N–H and O–H groups in total. The lowest BCUT2D eigenvalue weighted by atomic mass is 10.1. The van der Waals surface area contributed by atoms with E-state index in [2.05, 4.69) is 27.3 Å². The lowest BCUT2D eigenvalue weighted by Gasteiger charge is -2.13. The lowest BCUT2D eigenvalue weighted by molar-refractivity contribution is -0.385. The molecule has 0 bridgehead atoms. The number of amides is 3. The largest absolute Gasteiger partial charge is 0.334 e. The van der Waals surface area contributed by atoms with Crippen molar-refractivity contribution < 1.29 is 22.9 Å². The molecule has 0 aliphatic rings. The third-order valence-corrected chi connectivity index (χ3v) is 5.93. The van der Waals surface area contributed by atoms with E-state index in [1.54, 1.807) is 42.5 Å². The Kier molecular flexibility index (Phi) is 7.79. The number of carbonyl (C=O) groups is 2. The summed E-state index contributed by atoms with van der Waals surface area (Å²) in [6.07, 6.45) is 1.54. The van der Waals surface area contributed by atoms with Gasteiger partial charge in [0.05, 0.1) is 21.1 Å². The molecule has 0 unspecified atom stereocenters. The Labute approximate surface area is 201 Å². The van der Waals surface area contributed by atoms with Crippen LogP contribution in [-0.2, 0) is 10.0 Å². The molecule has 3 aromatic carbocycles. The highest BCUT2D eigenvalue weighted by molar-refractivity contribution is 7.92. The minimum absolute atomic E-state index is 0.00585. The average Bonchev–Trinajstić information content (AvgIpc) is 2.84. The molecular weight excluding hydrogens is 474 g/mol. The summed E-state index contributed by atoms with van der Waals surface area (Å²) >= 11 is 0. The van der Waals surface area contributed by atoms with E-state index in [1.807, 2.05) is 0 Å². The number of nitrogens with zero attached hydrogens (tertiary/aromatic N) is 1. The molecule has 3 amide bonds. The number of rotatable bonds is 9. The van der Waals surface area contributed by atoms with E-state index in [-0.39, 0.29) is 21.8 Å². The molecule has 3 rings (SSSR count). The normalized spacial score (nSPS) is 10.6. The van der Waals surface area contributed by atoms with Crippen molar-refractivity contribution in [3.05, 3.63) is 101 Å². The maximum Gasteiger partial charge on any atom is 0.319 e. The summed E-state index contributed by atoms with van der Waals surface area (Å²) in [4.78, 5) is 34.5. The van der Waals surface area contributed by atoms with Gasteiger partial charge in [0, 0.05) is 30.1 Å². The van der Waals surface area contributed by atoms with E-state index in [9.17, 15) is 28.1 Å². The molecule has 0 aromatic heterocycles. The number of benzene rings is 3. The second kappa shape index (κ2) is 10.9. The molecule has 0 saturated carbocycles. The summed E-state index contributed by atoms with van der Waals surface area (Å²) < 4.78 is 27.9. The SMILES string of the molecule is C=CCNC(=O)Nc1ccc(NC(=O)c2ccccc2NS(=O)(=O)c2cccc([N+](=O)[O-])c2)cc1. The van der Waals surface area contributed by atoms with Crippen molar-refractivity contribution >= 4 is 44.7 Å². The van der Waals surface area contributed by atoms with E-state index in [1.165, 1.54) is 30.3 Å². The third-order valence-electron chi connectivity index (χ3n) is 4.56. The molecule has 0 saturated heterocycles. The number of anilines is 3. The number of sulfonamides is 1. The molecule has 0 fully saturated rings. The third kappa shape index (κ3) is 6.65. The number of para-hydroxylation sites is 1. The van der Waals surface area contributed by atoms with Crippen LogP contribution in [0, 0.1) is 10.1 Å². The van der Waals surface area contributed by atoms with Crippen molar-refractivity contribution in [2.24, 2.45) is 0 Å². The maximum atomic E-state index is 12.9. The topological polar surface area (TPSA) is 160 Å². The minimum Gasteiger partial charge on any atom is -0.334 e. The number of non-ortho nitro benzene ring substituents is 1. The molecule has 12 heteroatoms. The molecule has 0 radical (unpaired) electrons. The first kappa shape index (κ1) is 24.9. The van der Waals surface area contributed by atoms with Crippen molar-refractivity contribution in [3.63, 3.8) is 0 Å². The van der Waals surface area contributed by atoms with Crippen LogP contribution in [0.4, 0.5) is 27.5 Å². The van der Waals surface area contributed by atoms with Crippen LogP contribution >= 0.6 is 0 Å². The molecule has 0 aliphatic heterocycles. The smallest absolute Gasteiger partial charge is 0.319 e. The number of nitro groups is 1. The number of urea groups is 1. The van der Waals surface area contributed by atoms with Crippen LogP contribution in [0.2, 0.25) is 0 Å². The van der Waals surface area contributed by atoms with E-state index >= 15 is 0 Å². The Morgan fingerprint density at radius 3 is 2.26 bits per heavy atom. The summed E-state index contributed by atoms with van der Waals surface area (Å²) in [6, 6.07) is 16.4. The molecule has 180 valence electrons. The Morgan fingerprint density at radius 2 is 1.60 bits per heavy atom. The molecule has 0 heterocycles. The van der Waals surface area contributed by atoms with Crippen molar-refractivity contribution in [1.82, 2.24) is 5.32 Å². The number of carbonyl (C=O) groups excluding carboxylic acids is 2. The van der Waals surface area contributed by atoms with E-state index < -0.39 is 26.9 Å². The molecule has 0 aliphatic carbocycles. The number of hydrogen-bond donors (Lipinski definition) is 4. The van der Waals surface area contributed by atoms with Gasteiger partial charge in [-0.15, -0.1) is 6.58 Å². The summed E-state index contributed by atoms with van der Waals surface area (Å²) in [5.74, 6) is -0.591. The Hall–Kier alpha value is -4.71. The van der Waals surface area contributed by atoms with Crippen LogP contribution in [0.3, 0.4) is 0 Å². The fourth-order valence-corrected chi connectivity index (χ4v) is 4.03. The van der Waals surface area contributed by atoms with Gasteiger partial charge in [0.2, 0.25) is 0 Å². The van der Waals surface area contributed by atoms with Crippen LogP contribution in [0.25, 0.3) is 0 Å². The van der Waals surface area contributed by atoms with Gasteiger partial charge in [-0.2, -0.15) is 0 Å². The second-order valence-electron chi connectivity index (χ2n) is 7.06. The van der Waals surface area contributed by atoms with Gasteiger partial charge in [0.1, 0.15) is 0 Å². The zero-order chi connectivity index (χ0) is 25.4. The summed E-state index contributed by atoms with van der Waals surface area (Å²) in [6.45, 7) is 3.82. The number of hydrogen-bond acceptors (Lipinski definition) is 6. The average molecular weight is 496 g/mol. The molecule has 0 atom stereocenters. The van der Waals surface area contributed by atoms with Gasteiger partial charge in [0.15, 0.2) is 0 Å². The number of nitrogens with one attached hydrogen (secondary N) is 4. The van der Waals surface area contributed by atoms with Gasteiger partial charge in [-0.1, -0.05) is 24.3 Å². The summed E-state index contributed by atoms with van der Waals surface area (Å²) in [5, 5.41) is 18.8. The highest BCUT2D eigenvalue weighted by atomic mass is 32.2. The van der Waals surface area contributed by atoms with E-state index in [4.69, 9.17) is 0 Å². The first-order valence-corrected chi connectivity index (χ1v) is 11.6. The van der Waals surface area contributed by atoms with Gasteiger partial charge < -0.3 is 16.0 Å². The van der Waals surface area contributed by atoms with Gasteiger partial charge >= 0.3 is 6.03 Å². The lowest BCUT2D eigenvalue weighted by Crippen LogP contribution is -2.28. The Bertz CT molecular complexity index is 1370. The molecule has 3 aromatic rings. The molecular formula is C23H21N5O6S.